The van der Waals surface area contributed by atoms with E-state index in [2.05, 4.69) is 20.9 Å². The molecule has 3 fully saturated rings. The van der Waals surface area contributed by atoms with Gasteiger partial charge in [-0.3, -0.25) is 4.79 Å². The third-order valence-corrected chi connectivity index (χ3v) is 5.57. The number of nitrogens with zero attached hydrogens (tertiary/aromatic N) is 1. The number of hydrogen-bond acceptors (Lipinski definition) is 4. The summed E-state index contributed by atoms with van der Waals surface area (Å²) in [6.45, 7) is 5.66. The smallest absolute Gasteiger partial charge is 0.319 e. The molecule has 148 valence electrons. The highest BCUT2D eigenvalue weighted by molar-refractivity contribution is 5.92. The van der Waals surface area contributed by atoms with Crippen molar-refractivity contribution < 1.29 is 14.0 Å². The molecule has 5 rings (SSSR count). The van der Waals surface area contributed by atoms with Crippen LogP contribution in [0.2, 0.25) is 0 Å². The molecule has 1 atom stereocenters. The summed E-state index contributed by atoms with van der Waals surface area (Å²) in [5.74, 6) is 1.38. The van der Waals surface area contributed by atoms with E-state index in [0.717, 1.165) is 38.0 Å². The maximum absolute atomic E-state index is 12.6. The largest absolute Gasteiger partial charge is 0.451 e. The van der Waals surface area contributed by atoms with Gasteiger partial charge in [-0.05, 0) is 75.2 Å². The van der Waals surface area contributed by atoms with Gasteiger partial charge >= 0.3 is 6.03 Å². The van der Waals surface area contributed by atoms with Crippen LogP contribution in [0.1, 0.15) is 30.3 Å². The second-order valence-corrected chi connectivity index (χ2v) is 7.44. The number of nitrogens with one attached hydrogen (secondary N) is 3. The van der Waals surface area contributed by atoms with Crippen molar-refractivity contribution >= 4 is 17.6 Å². The zero-order valence-electron chi connectivity index (χ0n) is 16.0. The molecule has 1 unspecified atom stereocenters. The van der Waals surface area contributed by atoms with E-state index in [1.165, 1.54) is 0 Å². The van der Waals surface area contributed by atoms with Crippen molar-refractivity contribution in [2.45, 2.75) is 25.8 Å². The van der Waals surface area contributed by atoms with Crippen molar-refractivity contribution in [2.24, 2.45) is 5.92 Å². The molecule has 3 amide bonds. The van der Waals surface area contributed by atoms with E-state index in [0.29, 0.717) is 29.7 Å². The van der Waals surface area contributed by atoms with Crippen molar-refractivity contribution in [1.29, 1.82) is 0 Å². The zero-order chi connectivity index (χ0) is 19.5. The van der Waals surface area contributed by atoms with Crippen LogP contribution in [-0.4, -0.2) is 49.1 Å². The van der Waals surface area contributed by atoms with Crippen LogP contribution in [0.25, 0.3) is 11.3 Å². The van der Waals surface area contributed by atoms with Crippen LogP contribution in [0, 0.1) is 5.92 Å². The maximum Gasteiger partial charge on any atom is 0.319 e. The van der Waals surface area contributed by atoms with Crippen molar-refractivity contribution in [2.75, 3.05) is 31.5 Å². The van der Waals surface area contributed by atoms with Gasteiger partial charge in [0.2, 0.25) is 0 Å². The number of carbonyl (C=O) groups is 2. The van der Waals surface area contributed by atoms with Crippen LogP contribution in [0.5, 0.6) is 0 Å². The summed E-state index contributed by atoms with van der Waals surface area (Å²) >= 11 is 0. The van der Waals surface area contributed by atoms with Crippen molar-refractivity contribution in [3.05, 3.63) is 42.2 Å². The Morgan fingerprint density at radius 2 is 1.86 bits per heavy atom. The molecule has 3 N–H and O–H groups in total. The van der Waals surface area contributed by atoms with Crippen LogP contribution in [0.4, 0.5) is 10.5 Å². The SMILES string of the molecule is CCNC(=O)Nc1ccc(-c2ccc(C(=O)NC3CN4CCC3CC4)o2)cc1. The van der Waals surface area contributed by atoms with Gasteiger partial charge in [-0.25, -0.2) is 4.79 Å². The number of amides is 3. The third-order valence-electron chi connectivity index (χ3n) is 5.57. The predicted molar refractivity (Wildman–Crippen MR) is 107 cm³/mol. The fourth-order valence-corrected chi connectivity index (χ4v) is 4.04. The van der Waals surface area contributed by atoms with Crippen LogP contribution >= 0.6 is 0 Å². The highest BCUT2D eigenvalue weighted by Gasteiger charge is 2.35. The van der Waals surface area contributed by atoms with Crippen LogP contribution in [0.15, 0.2) is 40.8 Å². The van der Waals surface area contributed by atoms with Crippen LogP contribution in [-0.2, 0) is 0 Å². The fraction of sp³-hybridized carbons (Fsp3) is 0.429. The summed E-state index contributed by atoms with van der Waals surface area (Å²) in [6, 6.07) is 10.8. The first-order valence-corrected chi connectivity index (χ1v) is 9.90. The Hall–Kier alpha value is -2.80. The third kappa shape index (κ3) is 4.04. The molecular weight excluding hydrogens is 356 g/mol. The van der Waals surface area contributed by atoms with E-state index < -0.39 is 0 Å². The van der Waals surface area contributed by atoms with Crippen LogP contribution < -0.4 is 16.0 Å². The molecule has 2 aromatic rings. The average Bonchev–Trinajstić information content (AvgIpc) is 3.20. The topological polar surface area (TPSA) is 86.6 Å². The van der Waals surface area contributed by atoms with Crippen molar-refractivity contribution in [3.63, 3.8) is 0 Å². The first kappa shape index (κ1) is 18.6. The molecule has 1 aromatic heterocycles. The van der Waals surface area contributed by atoms with E-state index in [4.69, 9.17) is 4.42 Å². The number of benzene rings is 1. The number of piperidine rings is 3. The molecule has 3 saturated heterocycles. The molecule has 28 heavy (non-hydrogen) atoms. The van der Waals surface area contributed by atoms with Gasteiger partial charge in [0.25, 0.3) is 5.91 Å². The Morgan fingerprint density at radius 1 is 1.11 bits per heavy atom. The second-order valence-electron chi connectivity index (χ2n) is 7.44. The Labute approximate surface area is 164 Å². The zero-order valence-corrected chi connectivity index (χ0v) is 16.0. The van der Waals surface area contributed by atoms with E-state index in [-0.39, 0.29) is 18.0 Å². The number of hydrogen-bond donors (Lipinski definition) is 3. The minimum Gasteiger partial charge on any atom is -0.451 e. The molecular formula is C21H26N4O3. The summed E-state index contributed by atoms with van der Waals surface area (Å²) in [7, 11) is 0. The Morgan fingerprint density at radius 3 is 2.50 bits per heavy atom. The lowest BCUT2D eigenvalue weighted by Gasteiger charge is -2.44. The number of carbonyl (C=O) groups excluding carboxylic acids is 2. The van der Waals surface area contributed by atoms with Gasteiger partial charge < -0.3 is 25.3 Å². The monoisotopic (exact) mass is 382 g/mol. The molecule has 0 saturated carbocycles. The minimum absolute atomic E-state index is 0.153. The molecule has 3 aliphatic rings. The first-order chi connectivity index (χ1) is 13.6. The summed E-state index contributed by atoms with van der Waals surface area (Å²) in [4.78, 5) is 26.6. The molecule has 7 nitrogen and oxygen atoms in total. The summed E-state index contributed by atoms with van der Waals surface area (Å²) < 4.78 is 5.79. The molecule has 3 aliphatic heterocycles. The lowest BCUT2D eigenvalue weighted by molar-refractivity contribution is 0.0606. The molecule has 4 heterocycles. The number of fused-ring (bicyclic) bond motifs is 3. The first-order valence-electron chi connectivity index (χ1n) is 9.90. The number of anilines is 1. The standard InChI is InChI=1S/C21H26N4O3/c1-2-22-21(27)23-16-5-3-15(4-6-16)18-7-8-19(28-18)20(26)24-17-13-25-11-9-14(17)10-12-25/h3-8,14,17H,2,9-13H2,1H3,(H,24,26)(H2,22,23,27). The maximum atomic E-state index is 12.6. The minimum atomic E-state index is -0.236. The van der Waals surface area contributed by atoms with Gasteiger partial charge in [-0.2, -0.15) is 0 Å². The molecule has 0 aliphatic carbocycles. The second kappa shape index (κ2) is 8.06. The fourth-order valence-electron chi connectivity index (χ4n) is 4.04. The number of furan rings is 1. The van der Waals surface area contributed by atoms with Crippen LogP contribution in [0.3, 0.4) is 0 Å². The molecule has 1 aromatic carbocycles. The van der Waals surface area contributed by atoms with E-state index in [1.54, 1.807) is 24.3 Å². The summed E-state index contributed by atoms with van der Waals surface area (Å²) in [5, 5.41) is 8.58. The highest BCUT2D eigenvalue weighted by atomic mass is 16.3. The van der Waals surface area contributed by atoms with Gasteiger partial charge in [0, 0.05) is 30.4 Å². The van der Waals surface area contributed by atoms with Gasteiger partial charge in [0.15, 0.2) is 5.76 Å². The summed E-state index contributed by atoms with van der Waals surface area (Å²) in [5.41, 5.74) is 1.55. The molecule has 7 heteroatoms. The molecule has 0 spiro atoms. The lowest BCUT2D eigenvalue weighted by Crippen LogP contribution is -2.57. The number of urea groups is 1. The molecule has 0 radical (unpaired) electrons. The molecule has 2 bridgehead atoms. The lowest BCUT2D eigenvalue weighted by atomic mass is 9.84. The number of rotatable bonds is 5. The van der Waals surface area contributed by atoms with E-state index in [1.807, 2.05) is 19.1 Å². The Kier molecular flexibility index (Phi) is 5.34. The average molecular weight is 382 g/mol. The van der Waals surface area contributed by atoms with Gasteiger partial charge in [0.05, 0.1) is 0 Å². The highest BCUT2D eigenvalue weighted by Crippen LogP contribution is 2.28. The quantitative estimate of drug-likeness (QED) is 0.742. The van der Waals surface area contributed by atoms with E-state index in [9.17, 15) is 9.59 Å². The normalized spacial score (nSPS) is 23.2. The van der Waals surface area contributed by atoms with E-state index >= 15 is 0 Å². The van der Waals surface area contributed by atoms with Gasteiger partial charge in [0.1, 0.15) is 5.76 Å². The predicted octanol–water partition coefficient (Wildman–Crippen LogP) is 2.91. The van der Waals surface area contributed by atoms with Gasteiger partial charge in [-0.15, -0.1) is 0 Å². The summed E-state index contributed by atoms with van der Waals surface area (Å²) in [6.07, 6.45) is 2.32. The van der Waals surface area contributed by atoms with Crippen molar-refractivity contribution in [3.8, 4) is 11.3 Å². The van der Waals surface area contributed by atoms with Gasteiger partial charge in [-0.1, -0.05) is 0 Å². The Balaban J connectivity index is 1.38. The van der Waals surface area contributed by atoms with Crippen molar-refractivity contribution in [1.82, 2.24) is 15.5 Å². The Bertz CT molecular complexity index is 838.